The normalized spacial score (nSPS) is 15.7. The molecule has 0 fully saturated rings. The molecule has 0 aliphatic heterocycles. The molecule has 2 heteroatoms. The first-order chi connectivity index (χ1) is 6.54. The van der Waals surface area contributed by atoms with E-state index in [4.69, 9.17) is 0 Å². The van der Waals surface area contributed by atoms with Gasteiger partial charge in [-0.2, -0.15) is 22.8 Å². The zero-order valence-electron chi connectivity index (χ0n) is 10.2. The van der Waals surface area contributed by atoms with Crippen LogP contribution in [0.25, 0.3) is 0 Å². The summed E-state index contributed by atoms with van der Waals surface area (Å²) in [5.74, 6) is 0. The van der Waals surface area contributed by atoms with Crippen molar-refractivity contribution in [1.82, 2.24) is 0 Å². The third-order valence-corrected chi connectivity index (χ3v) is 4.48. The van der Waals surface area contributed by atoms with Crippen LogP contribution in [0.15, 0.2) is 12.1 Å². The van der Waals surface area contributed by atoms with E-state index in [-0.39, 0.29) is 21.7 Å². The molecule has 1 aliphatic carbocycles. The Morgan fingerprint density at radius 1 is 1.20 bits per heavy atom. The van der Waals surface area contributed by atoms with E-state index >= 15 is 0 Å². The fourth-order valence-corrected chi connectivity index (χ4v) is 3.91. The molecule has 0 heterocycles. The molecule has 1 aromatic carbocycles. The van der Waals surface area contributed by atoms with Gasteiger partial charge >= 0.3 is 0 Å². The minimum absolute atomic E-state index is 0. The van der Waals surface area contributed by atoms with Gasteiger partial charge in [0.1, 0.15) is 0 Å². The Morgan fingerprint density at radius 2 is 1.87 bits per heavy atom. The van der Waals surface area contributed by atoms with Crippen molar-refractivity contribution < 1.29 is 21.7 Å². The standard InChI is InChI=1S/C13H21Si.Ti/c1-14(2,3)10-11-8-12-6-4-5-7-13(12)9-11;/h8-9H,4-7,10H2,1-3H3;/q-1;. The summed E-state index contributed by atoms with van der Waals surface area (Å²) in [4.78, 5) is 0. The zero-order valence-corrected chi connectivity index (χ0v) is 12.8. The molecule has 0 saturated heterocycles. The first kappa shape index (κ1) is 13.3. The summed E-state index contributed by atoms with van der Waals surface area (Å²) in [7, 11) is -0.913. The summed E-state index contributed by atoms with van der Waals surface area (Å²) < 4.78 is 0. The summed E-state index contributed by atoms with van der Waals surface area (Å²) in [6.07, 6.45) is 5.48. The molecule has 2 rings (SSSR count). The van der Waals surface area contributed by atoms with E-state index in [0.29, 0.717) is 0 Å². The van der Waals surface area contributed by atoms with Crippen LogP contribution in [-0.2, 0) is 40.6 Å². The average Bonchev–Trinajstić information content (AvgIpc) is 2.42. The second kappa shape index (κ2) is 5.07. The maximum Gasteiger partial charge on any atom is 0.0465 e. The van der Waals surface area contributed by atoms with Gasteiger partial charge in [0, 0.05) is 29.8 Å². The predicted molar refractivity (Wildman–Crippen MR) is 65.7 cm³/mol. The van der Waals surface area contributed by atoms with E-state index in [9.17, 15) is 0 Å². The Labute approximate surface area is 110 Å². The molecule has 0 amide bonds. The topological polar surface area (TPSA) is 0 Å². The van der Waals surface area contributed by atoms with Crippen molar-refractivity contribution in [1.29, 1.82) is 0 Å². The zero-order chi connectivity index (χ0) is 10.2. The van der Waals surface area contributed by atoms with Crippen LogP contribution in [0.2, 0.25) is 19.6 Å². The number of fused-ring (bicyclic) bond motifs is 1. The predicted octanol–water partition coefficient (Wildman–Crippen LogP) is 3.70. The molecule has 0 bridgehead atoms. The van der Waals surface area contributed by atoms with Crippen LogP contribution in [-0.4, -0.2) is 8.07 Å². The molecule has 0 spiro atoms. The van der Waals surface area contributed by atoms with Crippen molar-refractivity contribution in [2.24, 2.45) is 0 Å². The third-order valence-electron chi connectivity index (χ3n) is 3.01. The third kappa shape index (κ3) is 3.65. The van der Waals surface area contributed by atoms with Crippen LogP contribution in [0.4, 0.5) is 0 Å². The fourth-order valence-electron chi connectivity index (χ4n) is 2.49. The minimum atomic E-state index is -0.913. The van der Waals surface area contributed by atoms with E-state index in [1.807, 2.05) is 0 Å². The molecule has 1 aliphatic rings. The van der Waals surface area contributed by atoms with E-state index in [0.717, 1.165) is 0 Å². The first-order valence-corrected chi connectivity index (χ1v) is 9.53. The van der Waals surface area contributed by atoms with Crippen molar-refractivity contribution >= 4 is 8.07 Å². The molecular formula is C13H21SiTi-. The van der Waals surface area contributed by atoms with Gasteiger partial charge in [-0.05, 0) is 0 Å². The van der Waals surface area contributed by atoms with Crippen LogP contribution in [0.5, 0.6) is 0 Å². The van der Waals surface area contributed by atoms with Crippen molar-refractivity contribution in [3.8, 4) is 0 Å². The van der Waals surface area contributed by atoms with Crippen molar-refractivity contribution in [2.45, 2.75) is 51.4 Å². The maximum atomic E-state index is 2.48. The quantitative estimate of drug-likeness (QED) is 0.557. The molecule has 0 nitrogen and oxygen atoms in total. The Kier molecular flexibility index (Phi) is 4.51. The molecule has 0 aromatic heterocycles. The molecule has 0 atom stereocenters. The molecule has 82 valence electrons. The summed E-state index contributed by atoms with van der Waals surface area (Å²) in [5.41, 5.74) is 4.94. The Hall–Kier alpha value is 0.281. The molecule has 1 aromatic rings. The molecular weight excluding hydrogens is 232 g/mol. The molecule has 0 radical (unpaired) electrons. The Morgan fingerprint density at radius 3 is 2.47 bits per heavy atom. The van der Waals surface area contributed by atoms with E-state index in [2.05, 4.69) is 31.8 Å². The number of rotatable bonds is 2. The van der Waals surface area contributed by atoms with Gasteiger partial charge in [0.05, 0.1) is 0 Å². The van der Waals surface area contributed by atoms with Gasteiger partial charge in [-0.3, -0.25) is 0 Å². The summed E-state index contributed by atoms with van der Waals surface area (Å²) >= 11 is 0. The van der Waals surface area contributed by atoms with E-state index in [1.165, 1.54) is 31.7 Å². The molecule has 0 saturated carbocycles. The molecule has 0 N–H and O–H groups in total. The number of hydrogen-bond donors (Lipinski definition) is 0. The SMILES string of the molecule is C[Si](C)(C)Cc1cc2c([cH-]1)CCCC2.[Ti]. The molecule has 0 unspecified atom stereocenters. The Bertz CT molecular complexity index is 296. The summed E-state index contributed by atoms with van der Waals surface area (Å²) in [6, 6.07) is 6.32. The smallest absolute Gasteiger partial charge is 0.0465 e. The van der Waals surface area contributed by atoms with Crippen LogP contribution in [0.3, 0.4) is 0 Å². The number of aryl methyl sites for hydroxylation is 2. The van der Waals surface area contributed by atoms with Crippen LogP contribution in [0, 0.1) is 0 Å². The second-order valence-corrected chi connectivity index (χ2v) is 11.3. The maximum absolute atomic E-state index is 2.48. The van der Waals surface area contributed by atoms with Crippen LogP contribution < -0.4 is 0 Å². The summed E-state index contributed by atoms with van der Waals surface area (Å²) in [5, 5.41) is 0. The second-order valence-electron chi connectivity index (χ2n) is 5.86. The van der Waals surface area contributed by atoms with E-state index in [1.54, 1.807) is 16.7 Å². The van der Waals surface area contributed by atoms with Gasteiger partial charge in [-0.15, -0.1) is 0 Å². The van der Waals surface area contributed by atoms with Gasteiger partial charge < -0.3 is 0 Å². The van der Waals surface area contributed by atoms with Gasteiger partial charge in [-0.1, -0.05) is 51.4 Å². The van der Waals surface area contributed by atoms with Crippen molar-refractivity contribution in [2.75, 3.05) is 0 Å². The average molecular weight is 253 g/mol. The monoisotopic (exact) mass is 253 g/mol. The van der Waals surface area contributed by atoms with Gasteiger partial charge in [-0.25, -0.2) is 6.07 Å². The van der Waals surface area contributed by atoms with Gasteiger partial charge in [0.15, 0.2) is 0 Å². The van der Waals surface area contributed by atoms with Crippen molar-refractivity contribution in [3.05, 3.63) is 28.8 Å². The number of hydrogen-bond acceptors (Lipinski definition) is 0. The van der Waals surface area contributed by atoms with Crippen molar-refractivity contribution in [3.63, 3.8) is 0 Å². The summed E-state index contributed by atoms with van der Waals surface area (Å²) in [6.45, 7) is 7.37. The van der Waals surface area contributed by atoms with Gasteiger partial charge in [0.25, 0.3) is 0 Å². The molecule has 15 heavy (non-hydrogen) atoms. The first-order valence-electron chi connectivity index (χ1n) is 5.82. The van der Waals surface area contributed by atoms with Crippen LogP contribution >= 0.6 is 0 Å². The fraction of sp³-hybridized carbons (Fsp3) is 0.615. The largest absolute Gasteiger partial charge is 0.207 e. The van der Waals surface area contributed by atoms with Crippen LogP contribution in [0.1, 0.15) is 29.5 Å². The van der Waals surface area contributed by atoms with E-state index < -0.39 is 8.07 Å². The minimum Gasteiger partial charge on any atom is -0.207 e. The van der Waals surface area contributed by atoms with Gasteiger partial charge in [0.2, 0.25) is 0 Å². The Balaban J connectivity index is 0.00000112.